The molecule has 0 fully saturated rings. The number of anilines is 1. The Morgan fingerprint density at radius 1 is 1.24 bits per heavy atom. The van der Waals surface area contributed by atoms with E-state index in [9.17, 15) is 4.79 Å². The number of benzene rings is 1. The lowest BCUT2D eigenvalue weighted by atomic mass is 10.0. The third-order valence-electron chi connectivity index (χ3n) is 5.62. The highest BCUT2D eigenvalue weighted by molar-refractivity contribution is 9.10. The number of hydrogen-bond acceptors (Lipinski definition) is 5. The van der Waals surface area contributed by atoms with Crippen molar-refractivity contribution in [1.29, 1.82) is 0 Å². The van der Waals surface area contributed by atoms with Crippen molar-refractivity contribution in [2.45, 2.75) is 39.0 Å². The van der Waals surface area contributed by atoms with Gasteiger partial charge in [0.05, 0.1) is 5.56 Å². The third-order valence-corrected chi connectivity index (χ3v) is 7.26. The second-order valence-corrected chi connectivity index (χ2v) is 9.81. The standard InChI is InChI=1S/C22H22BrN3O2S/c1-12(2)26-9-8-15-18(11-26)29-22-19(15)21(27)24-20(25-22)17-7-6-16(28-17)13-4-3-5-14(23)10-13/h3-7,10,12,20,25H,8-9,11H2,1-2H3,(H,24,27)/t20-/m0/s1. The Balaban J connectivity index is 1.42. The summed E-state index contributed by atoms with van der Waals surface area (Å²) in [5, 5.41) is 7.51. The van der Waals surface area contributed by atoms with E-state index in [1.807, 2.05) is 36.4 Å². The first-order chi connectivity index (χ1) is 14.0. The smallest absolute Gasteiger partial charge is 0.256 e. The van der Waals surface area contributed by atoms with E-state index < -0.39 is 0 Å². The maximum Gasteiger partial charge on any atom is 0.256 e. The maximum atomic E-state index is 12.9. The summed E-state index contributed by atoms with van der Waals surface area (Å²) in [7, 11) is 0. The Labute approximate surface area is 182 Å². The molecule has 0 saturated heterocycles. The number of fused-ring (bicyclic) bond motifs is 3. The predicted molar refractivity (Wildman–Crippen MR) is 119 cm³/mol. The van der Waals surface area contributed by atoms with E-state index in [-0.39, 0.29) is 12.1 Å². The number of rotatable bonds is 3. The van der Waals surface area contributed by atoms with E-state index in [1.54, 1.807) is 11.3 Å². The van der Waals surface area contributed by atoms with Crippen LogP contribution in [0.1, 0.15) is 46.6 Å². The first-order valence-electron chi connectivity index (χ1n) is 9.81. The average molecular weight is 472 g/mol. The summed E-state index contributed by atoms with van der Waals surface area (Å²) < 4.78 is 7.08. The van der Waals surface area contributed by atoms with Gasteiger partial charge in [0.1, 0.15) is 16.5 Å². The first kappa shape index (κ1) is 18.9. The zero-order valence-electron chi connectivity index (χ0n) is 16.3. The van der Waals surface area contributed by atoms with Gasteiger partial charge in [-0.25, -0.2) is 0 Å². The Hall–Kier alpha value is -2.09. The largest absolute Gasteiger partial charge is 0.457 e. The van der Waals surface area contributed by atoms with Crippen molar-refractivity contribution in [1.82, 2.24) is 10.2 Å². The van der Waals surface area contributed by atoms with Gasteiger partial charge in [0.2, 0.25) is 0 Å². The quantitative estimate of drug-likeness (QED) is 0.537. The fourth-order valence-electron chi connectivity index (χ4n) is 4.02. The van der Waals surface area contributed by atoms with Crippen LogP contribution in [-0.2, 0) is 13.0 Å². The van der Waals surface area contributed by atoms with Gasteiger partial charge in [0.15, 0.2) is 6.17 Å². The van der Waals surface area contributed by atoms with Crippen molar-refractivity contribution in [3.05, 3.63) is 62.6 Å². The van der Waals surface area contributed by atoms with Crippen molar-refractivity contribution in [2.24, 2.45) is 0 Å². The van der Waals surface area contributed by atoms with Gasteiger partial charge < -0.3 is 15.1 Å². The van der Waals surface area contributed by atoms with Crippen molar-refractivity contribution in [2.75, 3.05) is 11.9 Å². The fourth-order valence-corrected chi connectivity index (χ4v) is 5.72. The Morgan fingerprint density at radius 2 is 2.10 bits per heavy atom. The van der Waals surface area contributed by atoms with Crippen LogP contribution in [0.15, 0.2) is 45.3 Å². The number of hydrogen-bond donors (Lipinski definition) is 2. The van der Waals surface area contributed by atoms with Crippen molar-refractivity contribution >= 4 is 38.2 Å². The number of thiophene rings is 1. The maximum absolute atomic E-state index is 12.9. The van der Waals surface area contributed by atoms with E-state index >= 15 is 0 Å². The lowest BCUT2D eigenvalue weighted by molar-refractivity contribution is 0.0930. The molecule has 0 bridgehead atoms. The molecule has 2 aromatic heterocycles. The van der Waals surface area contributed by atoms with E-state index in [0.717, 1.165) is 45.9 Å². The van der Waals surface area contributed by atoms with Crippen molar-refractivity contribution in [3.63, 3.8) is 0 Å². The molecular formula is C22H22BrN3O2S. The summed E-state index contributed by atoms with van der Waals surface area (Å²) in [5.74, 6) is 1.47. The predicted octanol–water partition coefficient (Wildman–Crippen LogP) is 5.39. The molecule has 29 heavy (non-hydrogen) atoms. The molecule has 0 spiro atoms. The zero-order chi connectivity index (χ0) is 20.1. The topological polar surface area (TPSA) is 57.5 Å². The highest BCUT2D eigenvalue weighted by Crippen LogP contribution is 2.41. The lowest BCUT2D eigenvalue weighted by Crippen LogP contribution is -2.39. The van der Waals surface area contributed by atoms with Crippen LogP contribution in [0.5, 0.6) is 0 Å². The molecule has 2 aliphatic heterocycles. The lowest BCUT2D eigenvalue weighted by Gasteiger charge is -2.30. The molecule has 5 nitrogen and oxygen atoms in total. The van der Waals surface area contributed by atoms with Crippen molar-refractivity contribution < 1.29 is 9.21 Å². The number of nitrogens with zero attached hydrogens (tertiary/aromatic N) is 1. The molecule has 0 saturated carbocycles. The molecular weight excluding hydrogens is 450 g/mol. The second kappa shape index (κ2) is 7.31. The van der Waals surface area contributed by atoms with Gasteiger partial charge in [0.25, 0.3) is 5.91 Å². The van der Waals surface area contributed by atoms with E-state index in [1.165, 1.54) is 10.4 Å². The molecule has 1 atom stereocenters. The van der Waals surface area contributed by atoms with Crippen LogP contribution in [0.4, 0.5) is 5.00 Å². The van der Waals surface area contributed by atoms with Gasteiger partial charge in [-0.15, -0.1) is 11.3 Å². The average Bonchev–Trinajstić information content (AvgIpc) is 3.32. The minimum atomic E-state index is -0.364. The Kier molecular flexibility index (Phi) is 4.76. The van der Waals surface area contributed by atoms with E-state index in [4.69, 9.17) is 4.42 Å². The highest BCUT2D eigenvalue weighted by atomic mass is 79.9. The molecule has 4 heterocycles. The minimum Gasteiger partial charge on any atom is -0.457 e. The molecule has 0 radical (unpaired) electrons. The molecule has 2 aliphatic rings. The molecule has 3 aromatic rings. The van der Waals surface area contributed by atoms with Crippen LogP contribution in [0.3, 0.4) is 0 Å². The molecule has 1 amide bonds. The van der Waals surface area contributed by atoms with Gasteiger partial charge in [-0.1, -0.05) is 28.1 Å². The Morgan fingerprint density at radius 3 is 2.90 bits per heavy atom. The molecule has 0 aliphatic carbocycles. The molecule has 1 aromatic carbocycles. The molecule has 7 heteroatoms. The summed E-state index contributed by atoms with van der Waals surface area (Å²) in [5.41, 5.74) is 3.02. The van der Waals surface area contributed by atoms with Gasteiger partial charge in [-0.3, -0.25) is 9.69 Å². The molecule has 150 valence electrons. The van der Waals surface area contributed by atoms with E-state index in [0.29, 0.717) is 11.8 Å². The van der Waals surface area contributed by atoms with Crippen LogP contribution in [0.25, 0.3) is 11.3 Å². The summed E-state index contributed by atoms with van der Waals surface area (Å²) in [6, 6.07) is 12.4. The number of amides is 1. The number of carbonyl (C=O) groups is 1. The normalized spacial score (nSPS) is 18.9. The summed E-state index contributed by atoms with van der Waals surface area (Å²) in [6.45, 7) is 6.36. The summed E-state index contributed by atoms with van der Waals surface area (Å²) >= 11 is 5.20. The van der Waals surface area contributed by atoms with Gasteiger partial charge >= 0.3 is 0 Å². The summed E-state index contributed by atoms with van der Waals surface area (Å²) in [4.78, 5) is 16.7. The Bertz CT molecular complexity index is 1090. The van der Waals surface area contributed by atoms with Gasteiger partial charge in [0, 0.05) is 34.0 Å². The second-order valence-electron chi connectivity index (χ2n) is 7.79. The van der Waals surface area contributed by atoms with Gasteiger partial charge in [-0.05, 0) is 50.1 Å². The highest BCUT2D eigenvalue weighted by Gasteiger charge is 2.34. The number of carbonyl (C=O) groups excluding carboxylic acids is 1. The van der Waals surface area contributed by atoms with Crippen LogP contribution in [0, 0.1) is 0 Å². The first-order valence-corrected chi connectivity index (χ1v) is 11.4. The van der Waals surface area contributed by atoms with Crippen LogP contribution in [-0.4, -0.2) is 23.4 Å². The minimum absolute atomic E-state index is 0.0142. The van der Waals surface area contributed by atoms with Gasteiger partial charge in [-0.2, -0.15) is 0 Å². The molecule has 2 N–H and O–H groups in total. The molecule has 0 unspecified atom stereocenters. The number of furan rings is 1. The van der Waals surface area contributed by atoms with Crippen LogP contribution < -0.4 is 10.6 Å². The monoisotopic (exact) mass is 471 g/mol. The number of halogens is 1. The van der Waals surface area contributed by atoms with Crippen molar-refractivity contribution in [3.8, 4) is 11.3 Å². The van der Waals surface area contributed by atoms with Crippen LogP contribution >= 0.6 is 27.3 Å². The fraction of sp³-hybridized carbons (Fsp3) is 0.318. The SMILES string of the molecule is CC(C)N1CCc2c(sc3c2C(=O)N[C@H](c2ccc(-c4cccc(Br)c4)o2)N3)C1. The summed E-state index contributed by atoms with van der Waals surface area (Å²) in [6.07, 6.45) is 0.560. The zero-order valence-corrected chi connectivity index (χ0v) is 18.7. The molecule has 5 rings (SSSR count). The number of nitrogens with one attached hydrogen (secondary N) is 2. The van der Waals surface area contributed by atoms with E-state index in [2.05, 4.69) is 45.3 Å². The van der Waals surface area contributed by atoms with Crippen LogP contribution in [0.2, 0.25) is 0 Å². The third kappa shape index (κ3) is 3.41.